The topological polar surface area (TPSA) is 126 Å². The van der Waals surface area contributed by atoms with Crippen LogP contribution in [0.3, 0.4) is 0 Å². The van der Waals surface area contributed by atoms with E-state index in [4.69, 9.17) is 5.73 Å². The number of carbonyl (C=O) groups is 1. The van der Waals surface area contributed by atoms with E-state index >= 15 is 0 Å². The minimum atomic E-state index is -3.96. The molecular formula is C26H24N4O4S. The molecule has 0 saturated heterocycles. The van der Waals surface area contributed by atoms with E-state index in [0.717, 1.165) is 0 Å². The van der Waals surface area contributed by atoms with Crippen LogP contribution in [0.15, 0.2) is 108 Å². The van der Waals surface area contributed by atoms with Crippen LogP contribution in [0.1, 0.15) is 22.0 Å². The molecule has 178 valence electrons. The Morgan fingerprint density at radius 3 is 2.29 bits per heavy atom. The Bertz CT molecular complexity index is 1400. The number of aromatic hydroxyl groups is 1. The number of sulfonamides is 1. The molecule has 0 bridgehead atoms. The van der Waals surface area contributed by atoms with Crippen molar-refractivity contribution >= 4 is 27.3 Å². The van der Waals surface area contributed by atoms with Gasteiger partial charge in [0.25, 0.3) is 15.9 Å². The molecule has 4 N–H and O–H groups in total. The molecule has 1 aromatic heterocycles. The number of hydrogen-bond acceptors (Lipinski definition) is 6. The van der Waals surface area contributed by atoms with E-state index in [1.807, 2.05) is 0 Å². The number of hydrogen-bond donors (Lipinski definition) is 3. The summed E-state index contributed by atoms with van der Waals surface area (Å²) in [6, 6.07) is 23.4. The van der Waals surface area contributed by atoms with Gasteiger partial charge in [0, 0.05) is 35.8 Å². The Labute approximate surface area is 203 Å². The lowest BCUT2D eigenvalue weighted by molar-refractivity contribution is 0.102. The number of aromatic nitrogens is 1. The number of benzene rings is 3. The Morgan fingerprint density at radius 2 is 1.63 bits per heavy atom. The monoisotopic (exact) mass is 488 g/mol. The third-order valence-electron chi connectivity index (χ3n) is 5.35. The van der Waals surface area contributed by atoms with E-state index in [-0.39, 0.29) is 28.8 Å². The van der Waals surface area contributed by atoms with Gasteiger partial charge in [-0.15, -0.1) is 0 Å². The van der Waals surface area contributed by atoms with E-state index in [1.165, 1.54) is 28.6 Å². The van der Waals surface area contributed by atoms with Gasteiger partial charge in [0.2, 0.25) is 0 Å². The molecule has 0 aliphatic carbocycles. The molecule has 35 heavy (non-hydrogen) atoms. The van der Waals surface area contributed by atoms with E-state index in [9.17, 15) is 18.3 Å². The quantitative estimate of drug-likeness (QED) is 0.345. The minimum absolute atomic E-state index is 0.0612. The fourth-order valence-electron chi connectivity index (χ4n) is 3.51. The maximum atomic E-state index is 13.5. The van der Waals surface area contributed by atoms with Crippen molar-refractivity contribution in [2.45, 2.75) is 10.9 Å². The molecule has 0 aliphatic heterocycles. The van der Waals surface area contributed by atoms with E-state index < -0.39 is 16.1 Å². The average Bonchev–Trinajstić information content (AvgIpc) is 2.88. The van der Waals surface area contributed by atoms with Gasteiger partial charge in [0.1, 0.15) is 5.75 Å². The molecule has 3 aromatic carbocycles. The molecule has 1 heterocycles. The lowest BCUT2D eigenvalue weighted by atomic mass is 10.0. The van der Waals surface area contributed by atoms with E-state index in [0.29, 0.717) is 16.8 Å². The molecule has 0 fully saturated rings. The Balaban J connectivity index is 1.57. The van der Waals surface area contributed by atoms with Crippen molar-refractivity contribution in [1.82, 2.24) is 4.98 Å². The Hall–Kier alpha value is -4.21. The highest BCUT2D eigenvalue weighted by molar-refractivity contribution is 7.92. The smallest absolute Gasteiger partial charge is 0.264 e. The molecular weight excluding hydrogens is 464 g/mol. The number of anilines is 2. The first-order valence-electron chi connectivity index (χ1n) is 10.8. The molecule has 9 heteroatoms. The number of pyridine rings is 1. The third-order valence-corrected chi connectivity index (χ3v) is 7.16. The van der Waals surface area contributed by atoms with Crippen LogP contribution in [0.2, 0.25) is 0 Å². The number of phenolic OH excluding ortho intramolecular Hbond substituents is 1. The molecule has 1 amide bonds. The van der Waals surface area contributed by atoms with E-state index in [2.05, 4.69) is 10.3 Å². The summed E-state index contributed by atoms with van der Waals surface area (Å²) in [5.41, 5.74) is 8.41. The van der Waals surface area contributed by atoms with Crippen LogP contribution in [0.5, 0.6) is 5.75 Å². The maximum Gasteiger partial charge on any atom is 0.264 e. The van der Waals surface area contributed by atoms with Gasteiger partial charge in [0.05, 0.1) is 17.1 Å². The normalized spacial score (nSPS) is 12.0. The average molecular weight is 489 g/mol. The van der Waals surface area contributed by atoms with Gasteiger partial charge in [-0.25, -0.2) is 8.42 Å². The molecule has 1 unspecified atom stereocenters. The van der Waals surface area contributed by atoms with Gasteiger partial charge in [-0.3, -0.25) is 14.1 Å². The standard InChI is InChI=1S/C26H24N4O4S/c27-25(19-9-11-20(12-10-19)26(32)29-21-13-15-28-16-14-21)18-30(22-5-4-6-23(31)17-22)35(33,34)24-7-2-1-3-8-24/h1-17,25,31H,18,27H2,(H,28,29,32). The van der Waals surface area contributed by atoms with E-state index in [1.54, 1.807) is 79.1 Å². The van der Waals surface area contributed by atoms with Crippen molar-refractivity contribution in [2.75, 3.05) is 16.2 Å². The lowest BCUT2D eigenvalue weighted by Gasteiger charge is -2.27. The van der Waals surface area contributed by atoms with Gasteiger partial charge in [-0.05, 0) is 54.1 Å². The molecule has 0 saturated carbocycles. The lowest BCUT2D eigenvalue weighted by Crippen LogP contribution is -2.37. The van der Waals surface area contributed by atoms with Crippen LogP contribution in [0.25, 0.3) is 0 Å². The number of carbonyl (C=O) groups excluding carboxylic acids is 1. The summed E-state index contributed by atoms with van der Waals surface area (Å²) in [4.78, 5) is 16.5. The molecule has 8 nitrogen and oxygen atoms in total. The predicted molar refractivity (Wildman–Crippen MR) is 135 cm³/mol. The van der Waals surface area contributed by atoms with Crippen LogP contribution in [0.4, 0.5) is 11.4 Å². The van der Waals surface area contributed by atoms with Crippen LogP contribution in [0, 0.1) is 0 Å². The number of nitrogens with two attached hydrogens (primary N) is 1. The van der Waals surface area contributed by atoms with Gasteiger partial charge in [-0.1, -0.05) is 36.4 Å². The van der Waals surface area contributed by atoms with Crippen molar-refractivity contribution in [3.8, 4) is 5.75 Å². The number of nitrogens with zero attached hydrogens (tertiary/aromatic N) is 2. The highest BCUT2D eigenvalue weighted by Gasteiger charge is 2.27. The van der Waals surface area contributed by atoms with Crippen molar-refractivity contribution in [2.24, 2.45) is 5.73 Å². The highest BCUT2D eigenvalue weighted by Crippen LogP contribution is 2.28. The molecule has 0 radical (unpaired) electrons. The van der Waals surface area contributed by atoms with Crippen LogP contribution >= 0.6 is 0 Å². The summed E-state index contributed by atoms with van der Waals surface area (Å²) in [5.74, 6) is -0.349. The van der Waals surface area contributed by atoms with Crippen molar-refractivity contribution < 1.29 is 18.3 Å². The number of nitrogens with one attached hydrogen (secondary N) is 1. The number of rotatable bonds is 8. The molecule has 0 spiro atoms. The summed E-state index contributed by atoms with van der Waals surface area (Å²) in [5, 5.41) is 12.7. The largest absolute Gasteiger partial charge is 0.508 e. The summed E-state index contributed by atoms with van der Waals surface area (Å²) < 4.78 is 28.1. The van der Waals surface area contributed by atoms with Gasteiger partial charge < -0.3 is 16.2 Å². The number of phenols is 1. The zero-order valence-corrected chi connectivity index (χ0v) is 19.5. The Morgan fingerprint density at radius 1 is 0.943 bits per heavy atom. The second-order valence-corrected chi connectivity index (χ2v) is 9.65. The second-order valence-electron chi connectivity index (χ2n) is 7.79. The molecule has 4 aromatic rings. The van der Waals surface area contributed by atoms with Crippen molar-refractivity contribution in [3.63, 3.8) is 0 Å². The van der Waals surface area contributed by atoms with Gasteiger partial charge in [0.15, 0.2) is 0 Å². The summed E-state index contributed by atoms with van der Waals surface area (Å²) in [7, 11) is -3.96. The van der Waals surface area contributed by atoms with Crippen LogP contribution < -0.4 is 15.4 Å². The summed E-state index contributed by atoms with van der Waals surface area (Å²) >= 11 is 0. The predicted octanol–water partition coefficient (Wildman–Crippen LogP) is 3.93. The fourth-order valence-corrected chi connectivity index (χ4v) is 5.02. The SMILES string of the molecule is NC(CN(c1cccc(O)c1)S(=O)(=O)c1ccccc1)c1ccc(C(=O)Nc2ccncc2)cc1. The summed E-state index contributed by atoms with van der Waals surface area (Å²) in [6.07, 6.45) is 3.17. The molecule has 4 rings (SSSR count). The molecule has 1 atom stereocenters. The van der Waals surface area contributed by atoms with Crippen LogP contribution in [-0.4, -0.2) is 31.0 Å². The Kier molecular flexibility index (Phi) is 7.09. The van der Waals surface area contributed by atoms with Gasteiger partial charge in [-0.2, -0.15) is 0 Å². The zero-order chi connectivity index (χ0) is 24.8. The van der Waals surface area contributed by atoms with Crippen molar-refractivity contribution in [1.29, 1.82) is 0 Å². The maximum absolute atomic E-state index is 13.5. The first-order valence-corrected chi connectivity index (χ1v) is 12.2. The third kappa shape index (κ3) is 5.65. The molecule has 0 aliphatic rings. The zero-order valence-electron chi connectivity index (χ0n) is 18.7. The fraction of sp³-hybridized carbons (Fsp3) is 0.0769. The van der Waals surface area contributed by atoms with Crippen LogP contribution in [-0.2, 0) is 10.0 Å². The minimum Gasteiger partial charge on any atom is -0.508 e. The first kappa shape index (κ1) is 23.9. The first-order chi connectivity index (χ1) is 16.8. The number of amides is 1. The van der Waals surface area contributed by atoms with Crippen molar-refractivity contribution in [3.05, 3.63) is 115 Å². The second kappa shape index (κ2) is 10.4. The van der Waals surface area contributed by atoms with Gasteiger partial charge >= 0.3 is 0 Å². The summed E-state index contributed by atoms with van der Waals surface area (Å²) in [6.45, 7) is -0.0801. The highest BCUT2D eigenvalue weighted by atomic mass is 32.2.